The van der Waals surface area contributed by atoms with Gasteiger partial charge in [-0.05, 0) is 30.0 Å². The second-order valence-corrected chi connectivity index (χ2v) is 8.40. The summed E-state index contributed by atoms with van der Waals surface area (Å²) in [7, 11) is 0. The second kappa shape index (κ2) is 13.1. The maximum atomic E-state index is 13.3. The number of amides is 2. The van der Waals surface area contributed by atoms with Crippen molar-refractivity contribution >= 4 is 17.8 Å². The number of benzene rings is 2. The summed E-state index contributed by atoms with van der Waals surface area (Å²) in [4.78, 5) is 38.7. The molecule has 0 saturated carbocycles. The number of ether oxygens (including phenoxy) is 2. The number of hydrogen-bond donors (Lipinski definition) is 2. The summed E-state index contributed by atoms with van der Waals surface area (Å²) >= 11 is 0. The van der Waals surface area contributed by atoms with E-state index < -0.39 is 24.0 Å². The number of para-hydroxylation sites is 1. The molecule has 1 unspecified atom stereocenters. The minimum atomic E-state index is -0.949. The first-order chi connectivity index (χ1) is 17.0. The largest absolute Gasteiger partial charge is 0.480 e. The highest BCUT2D eigenvalue weighted by atomic mass is 16.5. The van der Waals surface area contributed by atoms with Crippen molar-refractivity contribution in [1.82, 2.24) is 10.6 Å². The molecular weight excluding hydrogens is 444 g/mol. The molecule has 2 amide bonds. The Morgan fingerprint density at radius 3 is 2.37 bits per heavy atom. The van der Waals surface area contributed by atoms with E-state index in [0.29, 0.717) is 5.75 Å². The molecule has 0 saturated heterocycles. The van der Waals surface area contributed by atoms with Crippen LogP contribution in [0.5, 0.6) is 5.75 Å². The fraction of sp³-hybridized carbons (Fsp3) is 0.321. The Bertz CT molecular complexity index is 1020. The van der Waals surface area contributed by atoms with Crippen molar-refractivity contribution in [3.05, 3.63) is 91.0 Å². The average molecular weight is 477 g/mol. The standard InChI is InChI=1S/C28H32N2O5/c1-3-11-23-27(32)30-26(21-13-6-4-7-14-21)20(2)12-10-17-25(31)34-19-18-24(28(33)29-23)35-22-15-8-5-9-16-22/h3-10,12-16,20,23-24,26H,1,11,17-19H2,2H3,(H,29,33)(H,30,32)/b12-10+/t20-,23-,24?,26+/m0/s1. The molecule has 2 aromatic rings. The van der Waals surface area contributed by atoms with Crippen LogP contribution in [0.4, 0.5) is 0 Å². The van der Waals surface area contributed by atoms with Crippen LogP contribution in [0.3, 0.4) is 0 Å². The van der Waals surface area contributed by atoms with E-state index in [9.17, 15) is 14.4 Å². The lowest BCUT2D eigenvalue weighted by molar-refractivity contribution is -0.144. The zero-order valence-electron chi connectivity index (χ0n) is 19.9. The number of esters is 1. The molecule has 35 heavy (non-hydrogen) atoms. The molecule has 3 rings (SSSR count). The van der Waals surface area contributed by atoms with Crippen LogP contribution in [0.25, 0.3) is 0 Å². The average Bonchev–Trinajstić information content (AvgIpc) is 2.87. The van der Waals surface area contributed by atoms with E-state index in [4.69, 9.17) is 9.47 Å². The van der Waals surface area contributed by atoms with E-state index in [1.54, 1.807) is 36.4 Å². The summed E-state index contributed by atoms with van der Waals surface area (Å²) in [6.07, 6.45) is 4.76. The van der Waals surface area contributed by atoms with Crippen LogP contribution in [0.2, 0.25) is 0 Å². The van der Waals surface area contributed by atoms with Crippen LogP contribution in [-0.4, -0.2) is 36.5 Å². The second-order valence-electron chi connectivity index (χ2n) is 8.40. The van der Waals surface area contributed by atoms with E-state index in [0.717, 1.165) is 5.56 Å². The highest BCUT2D eigenvalue weighted by Gasteiger charge is 2.29. The molecule has 1 aliphatic heterocycles. The van der Waals surface area contributed by atoms with Gasteiger partial charge in [0.2, 0.25) is 5.91 Å². The number of carbonyl (C=O) groups excluding carboxylic acids is 3. The maximum Gasteiger partial charge on any atom is 0.309 e. The SMILES string of the molecule is C=CC[C@@H]1NC(=O)C(Oc2ccccc2)CCOC(=O)C/C=C/[C@H](C)[C@H](c2ccccc2)NC1=O. The first kappa shape index (κ1) is 25.7. The minimum absolute atomic E-state index is 0.0120. The Morgan fingerprint density at radius 1 is 1.00 bits per heavy atom. The minimum Gasteiger partial charge on any atom is -0.480 e. The molecular formula is C28H32N2O5. The van der Waals surface area contributed by atoms with E-state index in [1.165, 1.54) is 0 Å². The topological polar surface area (TPSA) is 93.7 Å². The van der Waals surface area contributed by atoms with Gasteiger partial charge < -0.3 is 20.1 Å². The van der Waals surface area contributed by atoms with Crippen molar-refractivity contribution in [2.24, 2.45) is 5.92 Å². The lowest BCUT2D eigenvalue weighted by Crippen LogP contribution is -2.51. The van der Waals surface area contributed by atoms with Crippen LogP contribution >= 0.6 is 0 Å². The van der Waals surface area contributed by atoms with Gasteiger partial charge in [-0.3, -0.25) is 14.4 Å². The number of cyclic esters (lactones) is 1. The fourth-order valence-electron chi connectivity index (χ4n) is 3.83. The van der Waals surface area contributed by atoms with Gasteiger partial charge in [0.25, 0.3) is 5.91 Å². The van der Waals surface area contributed by atoms with Gasteiger partial charge in [-0.1, -0.05) is 73.7 Å². The Kier molecular flexibility index (Phi) is 9.66. The lowest BCUT2D eigenvalue weighted by atomic mass is 9.93. The van der Waals surface area contributed by atoms with Crippen LogP contribution < -0.4 is 15.4 Å². The number of hydrogen-bond acceptors (Lipinski definition) is 5. The normalized spacial score (nSPS) is 25.1. The smallest absolute Gasteiger partial charge is 0.309 e. The third-order valence-corrected chi connectivity index (χ3v) is 5.70. The molecule has 0 aromatic heterocycles. The van der Waals surface area contributed by atoms with Crippen LogP contribution in [0.1, 0.15) is 37.8 Å². The Hall–Kier alpha value is -3.87. The van der Waals surface area contributed by atoms with Gasteiger partial charge in [-0.15, -0.1) is 6.58 Å². The first-order valence-electron chi connectivity index (χ1n) is 11.8. The fourth-order valence-corrected chi connectivity index (χ4v) is 3.83. The van der Waals surface area contributed by atoms with E-state index in [1.807, 2.05) is 49.4 Å². The maximum absolute atomic E-state index is 13.3. The van der Waals surface area contributed by atoms with Crippen molar-refractivity contribution in [1.29, 1.82) is 0 Å². The number of nitrogens with one attached hydrogen (secondary N) is 2. The summed E-state index contributed by atoms with van der Waals surface area (Å²) in [5.41, 5.74) is 0.916. The summed E-state index contributed by atoms with van der Waals surface area (Å²) in [6.45, 7) is 5.71. The van der Waals surface area contributed by atoms with Gasteiger partial charge in [0.15, 0.2) is 6.10 Å². The summed E-state index contributed by atoms with van der Waals surface area (Å²) in [5, 5.41) is 5.87. The summed E-state index contributed by atoms with van der Waals surface area (Å²) in [5.74, 6) is -0.805. The third kappa shape index (κ3) is 7.84. The van der Waals surface area contributed by atoms with E-state index in [2.05, 4.69) is 17.2 Å². The van der Waals surface area contributed by atoms with Crippen molar-refractivity contribution in [2.45, 2.75) is 44.4 Å². The Morgan fingerprint density at radius 2 is 1.69 bits per heavy atom. The van der Waals surface area contributed by atoms with Crippen LogP contribution in [-0.2, 0) is 19.1 Å². The molecule has 1 heterocycles. The van der Waals surface area contributed by atoms with Crippen molar-refractivity contribution in [2.75, 3.05) is 6.61 Å². The molecule has 4 atom stereocenters. The molecule has 1 aliphatic rings. The van der Waals surface area contributed by atoms with Crippen molar-refractivity contribution in [3.8, 4) is 5.75 Å². The van der Waals surface area contributed by atoms with Gasteiger partial charge in [0.05, 0.1) is 19.1 Å². The van der Waals surface area contributed by atoms with Crippen LogP contribution in [0.15, 0.2) is 85.5 Å². The van der Waals surface area contributed by atoms with Gasteiger partial charge in [0.1, 0.15) is 11.8 Å². The van der Waals surface area contributed by atoms with Gasteiger partial charge >= 0.3 is 5.97 Å². The monoisotopic (exact) mass is 476 g/mol. The molecule has 0 spiro atoms. The third-order valence-electron chi connectivity index (χ3n) is 5.70. The molecule has 2 N–H and O–H groups in total. The Balaban J connectivity index is 1.88. The van der Waals surface area contributed by atoms with Gasteiger partial charge in [-0.2, -0.15) is 0 Å². The molecule has 0 bridgehead atoms. The summed E-state index contributed by atoms with van der Waals surface area (Å²) in [6, 6.07) is 17.3. The van der Waals surface area contributed by atoms with E-state index in [-0.39, 0.29) is 43.7 Å². The van der Waals surface area contributed by atoms with Gasteiger partial charge in [0, 0.05) is 6.42 Å². The highest BCUT2D eigenvalue weighted by molar-refractivity contribution is 5.90. The van der Waals surface area contributed by atoms with Crippen molar-refractivity contribution in [3.63, 3.8) is 0 Å². The zero-order chi connectivity index (χ0) is 25.0. The molecule has 0 radical (unpaired) electrons. The molecule has 184 valence electrons. The quantitative estimate of drug-likeness (QED) is 0.505. The highest BCUT2D eigenvalue weighted by Crippen LogP contribution is 2.24. The van der Waals surface area contributed by atoms with Crippen molar-refractivity contribution < 1.29 is 23.9 Å². The predicted octanol–water partition coefficient (Wildman–Crippen LogP) is 3.88. The molecule has 7 heteroatoms. The Labute approximate surface area is 206 Å². The summed E-state index contributed by atoms with van der Waals surface area (Å²) < 4.78 is 11.2. The molecule has 7 nitrogen and oxygen atoms in total. The van der Waals surface area contributed by atoms with Crippen LogP contribution in [0, 0.1) is 5.92 Å². The predicted molar refractivity (Wildman–Crippen MR) is 133 cm³/mol. The molecule has 0 aliphatic carbocycles. The molecule has 0 fully saturated rings. The van der Waals surface area contributed by atoms with E-state index >= 15 is 0 Å². The first-order valence-corrected chi connectivity index (χ1v) is 11.8. The van der Waals surface area contributed by atoms with Gasteiger partial charge in [-0.25, -0.2) is 0 Å². The zero-order valence-corrected chi connectivity index (χ0v) is 19.9. The molecule has 2 aromatic carbocycles. The number of rotatable bonds is 5. The lowest BCUT2D eigenvalue weighted by Gasteiger charge is -2.27. The number of carbonyl (C=O) groups is 3.